The van der Waals surface area contributed by atoms with Crippen LogP contribution in [0.25, 0.3) is 0 Å². The standard InChI is InChI=1S/C22H23FN2O4S/c23-16-5-1-4-15(14-16)19-18(20(26)17-6-2-13-30-17)21(27)22(28)25(19)8-3-7-24-9-11-29-12-10-24/h1-2,4-6,13-14,19,27H,3,7-12H2. The van der Waals surface area contributed by atoms with E-state index in [9.17, 15) is 19.1 Å². The minimum atomic E-state index is -0.813. The summed E-state index contributed by atoms with van der Waals surface area (Å²) in [7, 11) is 0. The summed E-state index contributed by atoms with van der Waals surface area (Å²) < 4.78 is 19.3. The maximum absolute atomic E-state index is 14.0. The molecule has 0 radical (unpaired) electrons. The Kier molecular flexibility index (Phi) is 6.26. The van der Waals surface area contributed by atoms with E-state index in [4.69, 9.17) is 4.74 Å². The number of rotatable bonds is 7. The Labute approximate surface area is 178 Å². The lowest BCUT2D eigenvalue weighted by Crippen LogP contribution is -2.39. The second-order valence-corrected chi connectivity index (χ2v) is 8.28. The molecule has 4 rings (SSSR count). The van der Waals surface area contributed by atoms with E-state index in [0.717, 1.165) is 19.6 Å². The van der Waals surface area contributed by atoms with Gasteiger partial charge in [-0.3, -0.25) is 14.5 Å². The molecule has 1 unspecified atom stereocenters. The quantitative estimate of drug-likeness (QED) is 0.684. The van der Waals surface area contributed by atoms with Crippen molar-refractivity contribution in [1.29, 1.82) is 0 Å². The molecule has 1 N–H and O–H groups in total. The smallest absolute Gasteiger partial charge is 0.290 e. The van der Waals surface area contributed by atoms with Crippen molar-refractivity contribution < 1.29 is 23.8 Å². The van der Waals surface area contributed by atoms with Gasteiger partial charge in [-0.1, -0.05) is 18.2 Å². The van der Waals surface area contributed by atoms with Crippen molar-refractivity contribution in [3.05, 3.63) is 69.4 Å². The van der Waals surface area contributed by atoms with Crippen LogP contribution >= 0.6 is 11.3 Å². The summed E-state index contributed by atoms with van der Waals surface area (Å²) in [5.41, 5.74) is 0.484. The van der Waals surface area contributed by atoms with Crippen LogP contribution in [0.15, 0.2) is 53.1 Å². The maximum Gasteiger partial charge on any atom is 0.290 e. The van der Waals surface area contributed by atoms with Crippen molar-refractivity contribution in [3.8, 4) is 0 Å². The number of ether oxygens (including phenoxy) is 1. The number of Topliss-reactive ketones (excluding diaryl/α,β-unsaturated/α-hetero) is 1. The molecule has 2 aliphatic rings. The molecular formula is C22H23FN2O4S. The van der Waals surface area contributed by atoms with Crippen molar-refractivity contribution in [2.75, 3.05) is 39.4 Å². The first-order valence-electron chi connectivity index (χ1n) is 9.94. The van der Waals surface area contributed by atoms with Crippen LogP contribution in [0.3, 0.4) is 0 Å². The number of carbonyl (C=O) groups is 2. The lowest BCUT2D eigenvalue weighted by atomic mass is 9.95. The van der Waals surface area contributed by atoms with Gasteiger partial charge in [0.1, 0.15) is 5.82 Å². The molecule has 2 aromatic rings. The van der Waals surface area contributed by atoms with E-state index in [1.54, 1.807) is 29.6 Å². The third kappa shape index (κ3) is 4.16. The lowest BCUT2D eigenvalue weighted by molar-refractivity contribution is -0.129. The largest absolute Gasteiger partial charge is 0.503 e. The van der Waals surface area contributed by atoms with Gasteiger partial charge in [-0.2, -0.15) is 0 Å². The third-order valence-electron chi connectivity index (χ3n) is 5.43. The SMILES string of the molecule is O=C(C1=C(O)C(=O)N(CCCN2CCOCC2)C1c1cccc(F)c1)c1cccs1. The number of thiophene rings is 1. The van der Waals surface area contributed by atoms with E-state index in [1.807, 2.05) is 0 Å². The first kappa shape index (κ1) is 20.7. The van der Waals surface area contributed by atoms with E-state index < -0.39 is 29.3 Å². The molecule has 2 aliphatic heterocycles. The average molecular weight is 431 g/mol. The number of aliphatic hydroxyl groups is 1. The van der Waals surface area contributed by atoms with Crippen LogP contribution in [-0.4, -0.2) is 66.0 Å². The normalized spacial score (nSPS) is 20.2. The van der Waals surface area contributed by atoms with Crippen LogP contribution < -0.4 is 0 Å². The topological polar surface area (TPSA) is 70.1 Å². The highest BCUT2D eigenvalue weighted by molar-refractivity contribution is 7.12. The third-order valence-corrected chi connectivity index (χ3v) is 6.30. The van der Waals surface area contributed by atoms with Gasteiger partial charge >= 0.3 is 0 Å². The number of amides is 1. The molecule has 0 spiro atoms. The van der Waals surface area contributed by atoms with Crippen molar-refractivity contribution in [3.63, 3.8) is 0 Å². The molecular weight excluding hydrogens is 407 g/mol. The summed E-state index contributed by atoms with van der Waals surface area (Å²) in [6, 6.07) is 8.43. The molecule has 0 saturated carbocycles. The van der Waals surface area contributed by atoms with Crippen LogP contribution in [0.2, 0.25) is 0 Å². The van der Waals surface area contributed by atoms with Gasteiger partial charge in [-0.05, 0) is 35.6 Å². The van der Waals surface area contributed by atoms with Gasteiger partial charge in [0.2, 0.25) is 5.78 Å². The van der Waals surface area contributed by atoms with Crippen LogP contribution in [0, 0.1) is 5.82 Å². The van der Waals surface area contributed by atoms with Crippen molar-refractivity contribution in [2.45, 2.75) is 12.5 Å². The van der Waals surface area contributed by atoms with Crippen LogP contribution in [0.5, 0.6) is 0 Å². The Morgan fingerprint density at radius 1 is 1.20 bits per heavy atom. The Morgan fingerprint density at radius 3 is 2.70 bits per heavy atom. The van der Waals surface area contributed by atoms with Crippen LogP contribution in [-0.2, 0) is 9.53 Å². The lowest BCUT2D eigenvalue weighted by Gasteiger charge is -2.30. The molecule has 1 fully saturated rings. The fourth-order valence-corrected chi connectivity index (χ4v) is 4.65. The number of hydrogen-bond donors (Lipinski definition) is 1. The second-order valence-electron chi connectivity index (χ2n) is 7.33. The second kappa shape index (κ2) is 9.07. The minimum absolute atomic E-state index is 0.0134. The van der Waals surface area contributed by atoms with Gasteiger partial charge in [0.05, 0.1) is 29.7 Å². The number of benzene rings is 1. The number of nitrogens with zero attached hydrogens (tertiary/aromatic N) is 2. The van der Waals surface area contributed by atoms with E-state index in [2.05, 4.69) is 4.90 Å². The molecule has 6 nitrogen and oxygen atoms in total. The van der Waals surface area contributed by atoms with Crippen molar-refractivity contribution >= 4 is 23.0 Å². The molecule has 0 aliphatic carbocycles. The molecule has 1 atom stereocenters. The van der Waals surface area contributed by atoms with Crippen molar-refractivity contribution in [2.24, 2.45) is 0 Å². The van der Waals surface area contributed by atoms with Gasteiger partial charge in [0, 0.05) is 26.2 Å². The first-order valence-corrected chi connectivity index (χ1v) is 10.8. The van der Waals surface area contributed by atoms with E-state index in [0.29, 0.717) is 36.6 Å². The fourth-order valence-electron chi connectivity index (χ4n) is 3.97. The van der Waals surface area contributed by atoms with E-state index in [-0.39, 0.29) is 5.57 Å². The van der Waals surface area contributed by atoms with Gasteiger partial charge < -0.3 is 14.7 Å². The van der Waals surface area contributed by atoms with E-state index in [1.165, 1.54) is 28.4 Å². The predicted octanol–water partition coefficient (Wildman–Crippen LogP) is 3.19. The average Bonchev–Trinajstić information content (AvgIpc) is 3.37. The summed E-state index contributed by atoms with van der Waals surface area (Å²) in [6.45, 7) is 4.19. The molecule has 8 heteroatoms. The Balaban J connectivity index is 1.60. The first-order chi connectivity index (χ1) is 14.6. The molecule has 158 valence electrons. The zero-order valence-corrected chi connectivity index (χ0v) is 17.2. The Bertz CT molecular complexity index is 954. The summed E-state index contributed by atoms with van der Waals surface area (Å²) in [5, 5.41) is 12.4. The number of halogens is 1. The number of hydrogen-bond acceptors (Lipinski definition) is 6. The minimum Gasteiger partial charge on any atom is -0.503 e. The molecule has 1 aromatic heterocycles. The monoisotopic (exact) mass is 430 g/mol. The number of ketones is 1. The zero-order valence-electron chi connectivity index (χ0n) is 16.4. The molecule has 3 heterocycles. The highest BCUT2D eigenvalue weighted by Crippen LogP contribution is 2.39. The number of morpholine rings is 1. The molecule has 0 bridgehead atoms. The number of aliphatic hydroxyl groups excluding tert-OH is 1. The van der Waals surface area contributed by atoms with Crippen LogP contribution in [0.1, 0.15) is 27.7 Å². The fraction of sp³-hybridized carbons (Fsp3) is 0.364. The Morgan fingerprint density at radius 2 is 2.00 bits per heavy atom. The van der Waals surface area contributed by atoms with Crippen molar-refractivity contribution in [1.82, 2.24) is 9.80 Å². The van der Waals surface area contributed by atoms with Crippen LogP contribution in [0.4, 0.5) is 4.39 Å². The van der Waals surface area contributed by atoms with Gasteiger partial charge in [-0.25, -0.2) is 4.39 Å². The summed E-state index contributed by atoms with van der Waals surface area (Å²) in [5.74, 6) is -2.00. The molecule has 1 aromatic carbocycles. The predicted molar refractivity (Wildman–Crippen MR) is 111 cm³/mol. The number of carbonyl (C=O) groups excluding carboxylic acids is 2. The highest BCUT2D eigenvalue weighted by Gasteiger charge is 2.43. The summed E-state index contributed by atoms with van der Waals surface area (Å²) in [4.78, 5) is 30.1. The van der Waals surface area contributed by atoms with E-state index >= 15 is 0 Å². The molecule has 30 heavy (non-hydrogen) atoms. The molecule has 1 amide bonds. The van der Waals surface area contributed by atoms with Gasteiger partial charge in [0.15, 0.2) is 5.76 Å². The van der Waals surface area contributed by atoms with Gasteiger partial charge in [0.25, 0.3) is 5.91 Å². The Hall–Kier alpha value is -2.55. The zero-order chi connectivity index (χ0) is 21.1. The van der Waals surface area contributed by atoms with Gasteiger partial charge in [-0.15, -0.1) is 11.3 Å². The highest BCUT2D eigenvalue weighted by atomic mass is 32.1. The maximum atomic E-state index is 14.0. The summed E-state index contributed by atoms with van der Waals surface area (Å²) >= 11 is 1.24. The summed E-state index contributed by atoms with van der Waals surface area (Å²) in [6.07, 6.45) is 0.672. The molecule has 1 saturated heterocycles.